The number of hydrogen-bond donors (Lipinski definition) is 0. The predicted molar refractivity (Wildman–Crippen MR) is 272 cm³/mol. The van der Waals surface area contributed by atoms with Gasteiger partial charge >= 0.3 is 70.8 Å². The number of hydrogen-bond acceptors (Lipinski definition) is 21. The Morgan fingerprint density at radius 2 is 0.551 bits per heavy atom. The maximum absolute atomic E-state index is 14.1. The van der Waals surface area contributed by atoms with Gasteiger partial charge in [0.05, 0.1) is 55.1 Å². The average Bonchev–Trinajstić information content (AvgIpc) is 3.41. The molecule has 1 aromatic heterocycles. The lowest BCUT2D eigenvalue weighted by Crippen LogP contribution is -2.55. The molecule has 1 heterocycles. The summed E-state index contributed by atoms with van der Waals surface area (Å²) in [6.07, 6.45) is 3.41. The predicted octanol–water partition coefficient (Wildman–Crippen LogP) is 2.95. The molecule has 3 fully saturated rings. The molecule has 3 aliphatic rings. The van der Waals surface area contributed by atoms with Gasteiger partial charge in [-0.2, -0.15) is 0 Å². The molecule has 0 N–H and O–H groups in total. The quantitative estimate of drug-likeness (QED) is 0.0529. The molecule has 0 aliphatic heterocycles. The molecule has 4 rings (SSSR count). The third-order valence-corrected chi connectivity index (χ3v) is 13.9. The number of rotatable bonds is 27. The summed E-state index contributed by atoms with van der Waals surface area (Å²) >= 11 is 0. The summed E-state index contributed by atoms with van der Waals surface area (Å²) in [4.78, 5) is 158. The molecule has 3 aliphatic carbocycles. The molecule has 0 saturated heterocycles. The van der Waals surface area contributed by atoms with Gasteiger partial charge in [0.1, 0.15) is 59.5 Å². The van der Waals surface area contributed by atoms with Crippen LogP contribution in [0.4, 0.5) is 0 Å². The van der Waals surface area contributed by atoms with Crippen molar-refractivity contribution in [3.05, 3.63) is 67.9 Å². The monoisotopic (exact) mass is 1100 g/mol. The van der Waals surface area contributed by atoms with Crippen LogP contribution < -0.4 is 17.1 Å². The Labute approximate surface area is 451 Å². The normalized spacial score (nSPS) is 22.8. The van der Waals surface area contributed by atoms with Crippen LogP contribution in [0.25, 0.3) is 0 Å². The Bertz CT molecular complexity index is 2290. The van der Waals surface area contributed by atoms with Crippen molar-refractivity contribution in [1.29, 1.82) is 0 Å². The lowest BCUT2D eigenvalue weighted by atomic mass is 9.74. The second-order valence-electron chi connectivity index (χ2n) is 20.4. The van der Waals surface area contributed by atoms with Gasteiger partial charge in [-0.3, -0.25) is 28.8 Å². The second-order valence-corrected chi connectivity index (χ2v) is 20.4. The summed E-state index contributed by atoms with van der Waals surface area (Å²) in [5.74, 6) is -12.1. The van der Waals surface area contributed by atoms with Crippen LogP contribution in [0, 0.1) is 53.3 Å². The minimum absolute atomic E-state index is 0.0159. The summed E-state index contributed by atoms with van der Waals surface area (Å²) < 4.78 is 49.5. The van der Waals surface area contributed by atoms with Crippen molar-refractivity contribution in [2.24, 2.45) is 53.3 Å². The zero-order valence-corrected chi connectivity index (χ0v) is 45.6. The Morgan fingerprint density at radius 1 is 0.346 bits per heavy atom. The molecule has 9 unspecified atom stereocenters. The summed E-state index contributed by atoms with van der Waals surface area (Å²) in [6.45, 7) is 15.5. The molecule has 78 heavy (non-hydrogen) atoms. The van der Waals surface area contributed by atoms with Crippen LogP contribution in [0.1, 0.15) is 99.3 Å². The van der Waals surface area contributed by atoms with Crippen LogP contribution in [0.2, 0.25) is 0 Å². The largest absolute Gasteiger partial charge is 0.464 e. The van der Waals surface area contributed by atoms with E-state index in [1.807, 2.05) is 20.8 Å². The van der Waals surface area contributed by atoms with E-state index in [-0.39, 0.29) is 113 Å². The first-order valence-electron chi connectivity index (χ1n) is 26.3. The molecule has 9 atom stereocenters. The molecule has 0 amide bonds. The third-order valence-electron chi connectivity index (χ3n) is 13.9. The first-order chi connectivity index (χ1) is 36.9. The fourth-order valence-corrected chi connectivity index (χ4v) is 9.58. The second kappa shape index (κ2) is 30.7. The number of ether oxygens (including phenoxy) is 9. The lowest BCUT2D eigenvalue weighted by Gasteiger charge is -2.32. The molecular formula is C54H75N3O21. The van der Waals surface area contributed by atoms with Crippen LogP contribution in [-0.2, 0) is 105 Å². The van der Waals surface area contributed by atoms with Gasteiger partial charge in [-0.05, 0) is 96.3 Å². The third kappa shape index (κ3) is 18.5. The highest BCUT2D eigenvalue weighted by atomic mass is 16.6. The number of carbonyl (C=O) groups excluding carboxylic acids is 9. The maximum atomic E-state index is 14.1. The Balaban J connectivity index is 1.52. The number of carbonyl (C=O) groups is 9. The average molecular weight is 1100 g/mol. The molecule has 24 nitrogen and oxygen atoms in total. The van der Waals surface area contributed by atoms with Gasteiger partial charge < -0.3 is 42.6 Å². The van der Waals surface area contributed by atoms with Crippen molar-refractivity contribution in [3.8, 4) is 0 Å². The SMILES string of the molecule is C=C(C)C(=O)OCCOC(=O)C1CCC(C)CC1C(=O)OCCn1c(=O)n(CCOC(=O)C2CC(C)CCC2C(=O)OCCOC(=O)C(=C)C)c(=O)n(CCOC(=O)C2CC(C)CCC2C(=O)OCCOC(=O)C(=C)C)c1=O. The highest BCUT2D eigenvalue weighted by Gasteiger charge is 2.43. The molecule has 24 heteroatoms. The van der Waals surface area contributed by atoms with E-state index in [2.05, 4.69) is 19.7 Å². The highest BCUT2D eigenvalue weighted by molar-refractivity contribution is 5.88. The van der Waals surface area contributed by atoms with E-state index in [1.165, 1.54) is 20.8 Å². The summed E-state index contributed by atoms with van der Waals surface area (Å²) in [7, 11) is 0. The van der Waals surface area contributed by atoms with Crippen LogP contribution in [0.15, 0.2) is 50.8 Å². The summed E-state index contributed by atoms with van der Waals surface area (Å²) in [6, 6.07) is 0. The van der Waals surface area contributed by atoms with Gasteiger partial charge in [0, 0.05) is 16.7 Å². The van der Waals surface area contributed by atoms with Crippen LogP contribution >= 0.6 is 0 Å². The van der Waals surface area contributed by atoms with Gasteiger partial charge in [0.2, 0.25) is 0 Å². The van der Waals surface area contributed by atoms with E-state index in [0.29, 0.717) is 33.0 Å². The minimum Gasteiger partial charge on any atom is -0.464 e. The van der Waals surface area contributed by atoms with Crippen molar-refractivity contribution in [3.63, 3.8) is 0 Å². The van der Waals surface area contributed by atoms with E-state index in [4.69, 9.17) is 42.6 Å². The van der Waals surface area contributed by atoms with E-state index in [1.54, 1.807) is 0 Å². The summed E-state index contributed by atoms with van der Waals surface area (Å²) in [5, 5.41) is 0. The van der Waals surface area contributed by atoms with Gasteiger partial charge in [0.15, 0.2) is 0 Å². The first kappa shape index (κ1) is 63.4. The molecule has 0 bridgehead atoms. The van der Waals surface area contributed by atoms with Crippen LogP contribution in [0.5, 0.6) is 0 Å². The van der Waals surface area contributed by atoms with Crippen molar-refractivity contribution in [2.45, 2.75) is 119 Å². The lowest BCUT2D eigenvalue weighted by molar-refractivity contribution is -0.165. The fraction of sp³-hybridized carbons (Fsp3) is 0.667. The molecule has 1 aromatic rings. The Morgan fingerprint density at radius 3 is 0.782 bits per heavy atom. The summed E-state index contributed by atoms with van der Waals surface area (Å²) in [5.41, 5.74) is -3.03. The topological polar surface area (TPSA) is 303 Å². The van der Waals surface area contributed by atoms with Gasteiger partial charge in [-0.1, -0.05) is 40.5 Å². The van der Waals surface area contributed by atoms with E-state index >= 15 is 0 Å². The zero-order chi connectivity index (χ0) is 57.8. The van der Waals surface area contributed by atoms with Crippen molar-refractivity contribution in [1.82, 2.24) is 13.7 Å². The van der Waals surface area contributed by atoms with Crippen molar-refractivity contribution < 1.29 is 85.8 Å². The van der Waals surface area contributed by atoms with Crippen molar-refractivity contribution in [2.75, 3.05) is 59.5 Å². The molecular weight excluding hydrogens is 1030 g/mol. The van der Waals surface area contributed by atoms with Crippen molar-refractivity contribution >= 4 is 53.7 Å². The standard InChI is InChI=1S/C54H75N3O21/c1-31(2)43(58)73-22-25-76-46(61)37-13-10-34(7)28-40(37)49(64)70-19-16-55-52(67)56(17-20-71-50(65)41-29-35(8)11-14-38(41)47(62)77-26-23-74-44(59)32(3)4)54(69)57(53(55)68)18-21-72-51(66)42-30-36(9)12-15-39(42)48(63)78-27-24-75-45(60)33(5)6/h34-42H,1,3,5,10-30H2,2,4,6-9H3. The smallest absolute Gasteiger partial charge is 0.336 e. The van der Waals surface area contributed by atoms with Gasteiger partial charge in [-0.15, -0.1) is 0 Å². The molecule has 432 valence electrons. The fourth-order valence-electron chi connectivity index (χ4n) is 9.58. The van der Waals surface area contributed by atoms with E-state index < -0.39 is 146 Å². The number of nitrogens with zero attached hydrogens (tertiary/aromatic N) is 3. The zero-order valence-electron chi connectivity index (χ0n) is 45.6. The minimum atomic E-state index is -1.17. The van der Waals surface area contributed by atoms with Crippen LogP contribution in [0.3, 0.4) is 0 Å². The molecule has 3 saturated carbocycles. The van der Waals surface area contributed by atoms with E-state index in [0.717, 1.165) is 0 Å². The van der Waals surface area contributed by atoms with Crippen LogP contribution in [-0.4, -0.2) is 127 Å². The number of aromatic nitrogens is 3. The molecule has 0 spiro atoms. The van der Waals surface area contributed by atoms with Gasteiger partial charge in [0.25, 0.3) is 0 Å². The van der Waals surface area contributed by atoms with E-state index in [9.17, 15) is 57.5 Å². The number of esters is 9. The Hall–Kier alpha value is -7.14. The molecule has 0 radical (unpaired) electrons. The maximum Gasteiger partial charge on any atom is 0.336 e. The molecule has 0 aromatic carbocycles. The Kier molecular flexibility index (Phi) is 25.0. The first-order valence-corrected chi connectivity index (χ1v) is 26.3. The highest BCUT2D eigenvalue weighted by Crippen LogP contribution is 2.38. The van der Waals surface area contributed by atoms with Gasteiger partial charge in [-0.25, -0.2) is 42.5 Å².